The molecule has 9 nitrogen and oxygen atoms in total. The standard InChI is InChI=1S/C23H30N4O5S2/c1-5-31-21(29)15-13-34-18(25-15)16-8-6-10-26(16)20(28)14-12-33-19(24-14)17-9-7-11-27(17)22(30)32-23(2,3)4/h12-13,16-17H,5-11H2,1-4H3/t16-,17-/m0/s1. The van der Waals surface area contributed by atoms with Crippen LogP contribution in [-0.2, 0) is 9.47 Å². The molecule has 0 spiro atoms. The molecule has 2 saturated heterocycles. The minimum Gasteiger partial charge on any atom is -0.461 e. The number of likely N-dealkylation sites (tertiary alicyclic amines) is 2. The zero-order valence-electron chi connectivity index (χ0n) is 19.9. The van der Waals surface area contributed by atoms with Gasteiger partial charge < -0.3 is 14.4 Å². The van der Waals surface area contributed by atoms with Gasteiger partial charge in [0.05, 0.1) is 18.7 Å². The third kappa shape index (κ3) is 5.25. The fraction of sp³-hybridized carbons (Fsp3) is 0.609. The Kier molecular flexibility index (Phi) is 7.22. The zero-order valence-corrected chi connectivity index (χ0v) is 21.5. The van der Waals surface area contributed by atoms with Gasteiger partial charge in [-0.3, -0.25) is 9.69 Å². The summed E-state index contributed by atoms with van der Waals surface area (Å²) in [7, 11) is 0. The van der Waals surface area contributed by atoms with Gasteiger partial charge in [0.1, 0.15) is 21.3 Å². The van der Waals surface area contributed by atoms with E-state index < -0.39 is 11.6 Å². The van der Waals surface area contributed by atoms with Crippen LogP contribution in [0, 0.1) is 0 Å². The van der Waals surface area contributed by atoms with E-state index in [0.29, 0.717) is 18.8 Å². The van der Waals surface area contributed by atoms with Crippen LogP contribution in [0.25, 0.3) is 0 Å². The van der Waals surface area contributed by atoms with Crippen molar-refractivity contribution < 1.29 is 23.9 Å². The maximum absolute atomic E-state index is 13.4. The molecule has 0 saturated carbocycles. The number of rotatable bonds is 5. The van der Waals surface area contributed by atoms with Gasteiger partial charge in [0.2, 0.25) is 0 Å². The van der Waals surface area contributed by atoms with Gasteiger partial charge in [-0.25, -0.2) is 19.6 Å². The summed E-state index contributed by atoms with van der Waals surface area (Å²) in [6, 6.07) is -0.363. The van der Waals surface area contributed by atoms with Crippen molar-refractivity contribution in [3.63, 3.8) is 0 Å². The molecule has 2 aliphatic heterocycles. The highest BCUT2D eigenvalue weighted by atomic mass is 32.1. The summed E-state index contributed by atoms with van der Waals surface area (Å²) in [4.78, 5) is 50.6. The molecule has 0 N–H and O–H groups in total. The van der Waals surface area contributed by atoms with Gasteiger partial charge in [0.15, 0.2) is 5.69 Å². The molecule has 11 heteroatoms. The maximum Gasteiger partial charge on any atom is 0.410 e. The predicted molar refractivity (Wildman–Crippen MR) is 128 cm³/mol. The smallest absolute Gasteiger partial charge is 0.410 e. The molecule has 4 heterocycles. The van der Waals surface area contributed by atoms with Gasteiger partial charge in [-0.15, -0.1) is 22.7 Å². The number of carbonyl (C=O) groups excluding carboxylic acids is 3. The Morgan fingerprint density at radius 1 is 0.971 bits per heavy atom. The van der Waals surface area contributed by atoms with Crippen LogP contribution in [0.3, 0.4) is 0 Å². The van der Waals surface area contributed by atoms with Crippen molar-refractivity contribution in [3.8, 4) is 0 Å². The van der Waals surface area contributed by atoms with Gasteiger partial charge in [0, 0.05) is 23.8 Å². The Bertz CT molecular complexity index is 1060. The van der Waals surface area contributed by atoms with Gasteiger partial charge in [-0.2, -0.15) is 0 Å². The maximum atomic E-state index is 13.4. The molecule has 2 aromatic rings. The number of amides is 2. The number of ether oxygens (including phenoxy) is 2. The average molecular weight is 507 g/mol. The first-order valence-electron chi connectivity index (χ1n) is 11.6. The number of hydrogen-bond donors (Lipinski definition) is 0. The zero-order chi connectivity index (χ0) is 24.5. The molecule has 4 rings (SSSR count). The Morgan fingerprint density at radius 3 is 2.15 bits per heavy atom. The van der Waals surface area contributed by atoms with Crippen LogP contribution in [0.2, 0.25) is 0 Å². The van der Waals surface area contributed by atoms with Crippen molar-refractivity contribution in [2.75, 3.05) is 19.7 Å². The molecule has 0 radical (unpaired) electrons. The van der Waals surface area contributed by atoms with Crippen LogP contribution in [0.4, 0.5) is 4.79 Å². The Hall–Kier alpha value is -2.53. The topological polar surface area (TPSA) is 102 Å². The second kappa shape index (κ2) is 9.99. The minimum atomic E-state index is -0.567. The third-order valence-corrected chi connectivity index (χ3v) is 7.60. The van der Waals surface area contributed by atoms with E-state index in [-0.39, 0.29) is 36.4 Å². The van der Waals surface area contributed by atoms with E-state index in [2.05, 4.69) is 9.97 Å². The minimum absolute atomic E-state index is 0.153. The fourth-order valence-electron chi connectivity index (χ4n) is 4.25. The Balaban J connectivity index is 1.47. The third-order valence-electron chi connectivity index (χ3n) is 5.71. The van der Waals surface area contributed by atoms with E-state index in [1.54, 1.807) is 27.5 Å². The van der Waals surface area contributed by atoms with Gasteiger partial charge >= 0.3 is 12.1 Å². The molecular formula is C23H30N4O5S2. The lowest BCUT2D eigenvalue weighted by molar-refractivity contribution is 0.0224. The predicted octanol–water partition coefficient (Wildman–Crippen LogP) is 4.83. The van der Waals surface area contributed by atoms with E-state index in [0.717, 1.165) is 35.7 Å². The van der Waals surface area contributed by atoms with Crippen LogP contribution in [0.15, 0.2) is 10.8 Å². The van der Waals surface area contributed by atoms with Crippen molar-refractivity contribution in [1.29, 1.82) is 0 Å². The Labute approximate surface area is 207 Å². The molecule has 2 amide bonds. The lowest BCUT2D eigenvalue weighted by Crippen LogP contribution is -2.36. The first-order valence-corrected chi connectivity index (χ1v) is 13.3. The second-order valence-electron chi connectivity index (χ2n) is 9.35. The quantitative estimate of drug-likeness (QED) is 0.536. The second-order valence-corrected chi connectivity index (χ2v) is 11.1. The van der Waals surface area contributed by atoms with Crippen LogP contribution in [-0.4, -0.2) is 63.0 Å². The largest absolute Gasteiger partial charge is 0.461 e. The lowest BCUT2D eigenvalue weighted by Gasteiger charge is -2.27. The first-order chi connectivity index (χ1) is 16.2. The van der Waals surface area contributed by atoms with E-state index in [9.17, 15) is 14.4 Å². The highest BCUT2D eigenvalue weighted by Gasteiger charge is 2.37. The lowest BCUT2D eigenvalue weighted by atomic mass is 10.2. The van der Waals surface area contributed by atoms with Gasteiger partial charge in [-0.05, 0) is 53.4 Å². The van der Waals surface area contributed by atoms with Crippen molar-refractivity contribution in [2.45, 2.75) is 71.1 Å². The normalized spacial score (nSPS) is 20.6. The number of aromatic nitrogens is 2. The molecule has 0 aromatic carbocycles. The number of hydrogen-bond acceptors (Lipinski definition) is 9. The molecule has 2 aromatic heterocycles. The van der Waals surface area contributed by atoms with Crippen LogP contribution < -0.4 is 0 Å². The summed E-state index contributed by atoms with van der Waals surface area (Å²) in [5.74, 6) is -0.601. The summed E-state index contributed by atoms with van der Waals surface area (Å²) < 4.78 is 10.6. The molecule has 2 aliphatic rings. The van der Waals surface area contributed by atoms with E-state index in [1.807, 2.05) is 20.8 Å². The summed E-state index contributed by atoms with van der Waals surface area (Å²) in [5, 5.41) is 4.93. The van der Waals surface area contributed by atoms with Crippen LogP contribution >= 0.6 is 22.7 Å². The van der Waals surface area contributed by atoms with Crippen LogP contribution in [0.5, 0.6) is 0 Å². The molecule has 2 fully saturated rings. The summed E-state index contributed by atoms with van der Waals surface area (Å²) in [6.07, 6.45) is 2.96. The molecule has 2 atom stereocenters. The van der Waals surface area contributed by atoms with Crippen molar-refractivity contribution in [2.24, 2.45) is 0 Å². The first kappa shape index (κ1) is 24.6. The molecule has 34 heavy (non-hydrogen) atoms. The van der Waals surface area contributed by atoms with Gasteiger partial charge in [0.25, 0.3) is 5.91 Å². The SMILES string of the molecule is CCOC(=O)c1csc([C@@H]2CCCN2C(=O)c2csc([C@@H]3CCCN3C(=O)OC(C)(C)C)n2)n1. The number of thiazole rings is 2. The van der Waals surface area contributed by atoms with E-state index in [4.69, 9.17) is 9.47 Å². The van der Waals surface area contributed by atoms with E-state index in [1.165, 1.54) is 22.7 Å². The Morgan fingerprint density at radius 2 is 1.53 bits per heavy atom. The molecule has 184 valence electrons. The number of nitrogens with zero attached hydrogens (tertiary/aromatic N) is 4. The number of carbonyl (C=O) groups is 3. The molecular weight excluding hydrogens is 476 g/mol. The summed E-state index contributed by atoms with van der Waals surface area (Å²) in [6.45, 7) is 8.81. The highest BCUT2D eigenvalue weighted by molar-refractivity contribution is 7.10. The molecule has 0 aliphatic carbocycles. The monoisotopic (exact) mass is 506 g/mol. The van der Waals surface area contributed by atoms with Gasteiger partial charge in [-0.1, -0.05) is 0 Å². The summed E-state index contributed by atoms with van der Waals surface area (Å²) >= 11 is 2.77. The summed E-state index contributed by atoms with van der Waals surface area (Å²) in [5.41, 5.74) is 0.0905. The van der Waals surface area contributed by atoms with Crippen molar-refractivity contribution >= 4 is 40.6 Å². The number of esters is 1. The van der Waals surface area contributed by atoms with Crippen molar-refractivity contribution in [1.82, 2.24) is 19.8 Å². The highest BCUT2D eigenvalue weighted by Crippen LogP contribution is 2.37. The van der Waals surface area contributed by atoms with E-state index >= 15 is 0 Å². The molecule has 0 unspecified atom stereocenters. The molecule has 0 bridgehead atoms. The van der Waals surface area contributed by atoms with Crippen LogP contribution in [0.1, 0.15) is 96.5 Å². The van der Waals surface area contributed by atoms with Crippen molar-refractivity contribution in [3.05, 3.63) is 32.2 Å². The average Bonchev–Trinajstić information content (AvgIpc) is 3.57. The fourth-order valence-corrected chi connectivity index (χ4v) is 6.13.